The highest BCUT2D eigenvalue weighted by Gasteiger charge is 2.13. The maximum atomic E-state index is 11.5. The van der Waals surface area contributed by atoms with E-state index in [4.69, 9.17) is 5.73 Å². The Balaban J connectivity index is 2.13. The van der Waals surface area contributed by atoms with Gasteiger partial charge < -0.3 is 5.73 Å². The molecule has 0 radical (unpaired) electrons. The van der Waals surface area contributed by atoms with Gasteiger partial charge in [0.15, 0.2) is 0 Å². The third-order valence-corrected chi connectivity index (χ3v) is 3.31. The summed E-state index contributed by atoms with van der Waals surface area (Å²) in [6.07, 6.45) is 7.77. The molecule has 1 aliphatic carbocycles. The normalized spacial score (nSPS) is 15.4. The Morgan fingerprint density at radius 1 is 1.47 bits per heavy atom. The van der Waals surface area contributed by atoms with Crippen LogP contribution in [0.5, 0.6) is 0 Å². The molecule has 0 saturated heterocycles. The van der Waals surface area contributed by atoms with Gasteiger partial charge in [-0.2, -0.15) is 0 Å². The van der Waals surface area contributed by atoms with Gasteiger partial charge in [0.05, 0.1) is 6.04 Å². The van der Waals surface area contributed by atoms with Gasteiger partial charge in [0, 0.05) is 6.42 Å². The zero-order chi connectivity index (χ0) is 12.3. The molecule has 17 heavy (non-hydrogen) atoms. The van der Waals surface area contributed by atoms with E-state index in [1.807, 2.05) is 6.92 Å². The second-order valence-corrected chi connectivity index (χ2v) is 4.60. The molecule has 0 bridgehead atoms. The fraction of sp³-hybridized carbons (Fsp3) is 0.400. The molecule has 2 heteroatoms. The van der Waals surface area contributed by atoms with E-state index in [1.165, 1.54) is 11.1 Å². The van der Waals surface area contributed by atoms with Crippen LogP contribution in [-0.2, 0) is 17.6 Å². The Bertz CT molecular complexity index is 448. The average molecular weight is 229 g/mol. The van der Waals surface area contributed by atoms with Gasteiger partial charge >= 0.3 is 0 Å². The number of allylic oxidation sites excluding steroid dienone is 1. The summed E-state index contributed by atoms with van der Waals surface area (Å²) in [4.78, 5) is 11.5. The molecule has 90 valence electrons. The number of Topliss-reactive ketones (excluding diaryl/α,β-unsaturated/α-hetero) is 1. The predicted molar refractivity (Wildman–Crippen MR) is 70.8 cm³/mol. The molecule has 0 aromatic heterocycles. The van der Waals surface area contributed by atoms with Crippen molar-refractivity contribution in [3.8, 4) is 0 Å². The molecule has 0 amide bonds. The first-order valence-electron chi connectivity index (χ1n) is 6.27. The highest BCUT2D eigenvalue weighted by molar-refractivity contribution is 5.83. The summed E-state index contributed by atoms with van der Waals surface area (Å²) in [5, 5.41) is 0. The minimum atomic E-state index is -0.356. The SMILES string of the molecule is CCC(=O)C(N)Cc1ccc2c(c1)C=CCC2. The summed E-state index contributed by atoms with van der Waals surface area (Å²) < 4.78 is 0. The van der Waals surface area contributed by atoms with Crippen LogP contribution >= 0.6 is 0 Å². The molecule has 2 rings (SSSR count). The summed E-state index contributed by atoms with van der Waals surface area (Å²) in [6.45, 7) is 1.86. The second-order valence-electron chi connectivity index (χ2n) is 4.60. The van der Waals surface area contributed by atoms with Crippen LogP contribution in [0.1, 0.15) is 36.5 Å². The summed E-state index contributed by atoms with van der Waals surface area (Å²) in [7, 11) is 0. The van der Waals surface area contributed by atoms with Gasteiger partial charge in [-0.05, 0) is 36.0 Å². The highest BCUT2D eigenvalue weighted by atomic mass is 16.1. The molecule has 1 aliphatic rings. The van der Waals surface area contributed by atoms with Gasteiger partial charge in [-0.3, -0.25) is 4.79 Å². The minimum Gasteiger partial charge on any atom is -0.321 e. The van der Waals surface area contributed by atoms with Crippen molar-refractivity contribution >= 4 is 11.9 Å². The fourth-order valence-corrected chi connectivity index (χ4v) is 2.23. The zero-order valence-electron chi connectivity index (χ0n) is 10.3. The lowest BCUT2D eigenvalue weighted by atomic mass is 9.93. The number of fused-ring (bicyclic) bond motifs is 1. The average Bonchev–Trinajstić information content (AvgIpc) is 2.37. The van der Waals surface area contributed by atoms with Gasteiger partial charge in [0.25, 0.3) is 0 Å². The molecule has 1 aromatic carbocycles. The fourth-order valence-electron chi connectivity index (χ4n) is 2.23. The Morgan fingerprint density at radius 2 is 2.29 bits per heavy atom. The molecule has 1 aromatic rings. The van der Waals surface area contributed by atoms with Crippen LogP contribution in [0.15, 0.2) is 24.3 Å². The van der Waals surface area contributed by atoms with Gasteiger partial charge in [0.1, 0.15) is 5.78 Å². The second kappa shape index (κ2) is 5.28. The van der Waals surface area contributed by atoms with Crippen LogP contribution in [0.3, 0.4) is 0 Å². The van der Waals surface area contributed by atoms with E-state index in [-0.39, 0.29) is 11.8 Å². The van der Waals surface area contributed by atoms with E-state index in [0.717, 1.165) is 18.4 Å². The van der Waals surface area contributed by atoms with E-state index in [1.54, 1.807) is 0 Å². The minimum absolute atomic E-state index is 0.137. The summed E-state index contributed by atoms with van der Waals surface area (Å²) in [5.74, 6) is 0.137. The number of aryl methyl sites for hydroxylation is 1. The van der Waals surface area contributed by atoms with Crippen LogP contribution in [0.4, 0.5) is 0 Å². The van der Waals surface area contributed by atoms with Crippen molar-refractivity contribution in [2.75, 3.05) is 0 Å². The smallest absolute Gasteiger partial charge is 0.149 e. The lowest BCUT2D eigenvalue weighted by Crippen LogP contribution is -2.32. The number of nitrogens with two attached hydrogens (primary N) is 1. The summed E-state index contributed by atoms with van der Waals surface area (Å²) in [6, 6.07) is 6.07. The van der Waals surface area contributed by atoms with E-state index < -0.39 is 0 Å². The van der Waals surface area contributed by atoms with Crippen LogP contribution in [0.25, 0.3) is 6.08 Å². The number of benzene rings is 1. The Morgan fingerprint density at radius 3 is 3.06 bits per heavy atom. The molecule has 0 aliphatic heterocycles. The molecule has 2 nitrogen and oxygen atoms in total. The molecule has 0 heterocycles. The first-order chi connectivity index (χ1) is 8.20. The molecule has 0 spiro atoms. The van der Waals surface area contributed by atoms with Crippen molar-refractivity contribution in [1.29, 1.82) is 0 Å². The number of carbonyl (C=O) groups is 1. The third-order valence-electron chi connectivity index (χ3n) is 3.31. The summed E-state index contributed by atoms with van der Waals surface area (Å²) >= 11 is 0. The molecule has 1 unspecified atom stereocenters. The number of rotatable bonds is 4. The number of hydrogen-bond donors (Lipinski definition) is 1. The van der Waals surface area contributed by atoms with Gasteiger partial charge in [-0.25, -0.2) is 0 Å². The van der Waals surface area contributed by atoms with Crippen LogP contribution < -0.4 is 5.73 Å². The largest absolute Gasteiger partial charge is 0.321 e. The molecule has 1 atom stereocenters. The van der Waals surface area contributed by atoms with Gasteiger partial charge in [-0.1, -0.05) is 37.3 Å². The Labute approximate surface area is 103 Å². The van der Waals surface area contributed by atoms with E-state index in [9.17, 15) is 4.79 Å². The molecular weight excluding hydrogens is 210 g/mol. The zero-order valence-corrected chi connectivity index (χ0v) is 10.3. The first-order valence-corrected chi connectivity index (χ1v) is 6.27. The Hall–Kier alpha value is -1.41. The first kappa shape index (κ1) is 12.1. The number of hydrogen-bond acceptors (Lipinski definition) is 2. The monoisotopic (exact) mass is 229 g/mol. The standard InChI is InChI=1S/C15H19NO/c1-2-15(17)14(16)10-11-7-8-12-5-3-4-6-13(12)9-11/h4,6-9,14H,2-3,5,10,16H2,1H3. The quantitative estimate of drug-likeness (QED) is 0.862. The van der Waals surface area contributed by atoms with Crippen LogP contribution in [0, 0.1) is 0 Å². The lowest BCUT2D eigenvalue weighted by molar-refractivity contribution is -0.119. The summed E-state index contributed by atoms with van der Waals surface area (Å²) in [5.41, 5.74) is 9.70. The predicted octanol–water partition coefficient (Wildman–Crippen LogP) is 2.49. The maximum absolute atomic E-state index is 11.5. The van der Waals surface area contributed by atoms with E-state index in [2.05, 4.69) is 30.4 Å². The van der Waals surface area contributed by atoms with E-state index >= 15 is 0 Å². The highest BCUT2D eigenvalue weighted by Crippen LogP contribution is 2.21. The Kier molecular flexibility index (Phi) is 3.75. The molecule has 2 N–H and O–H groups in total. The van der Waals surface area contributed by atoms with Crippen molar-refractivity contribution in [3.05, 3.63) is 41.0 Å². The number of ketones is 1. The lowest BCUT2D eigenvalue weighted by Gasteiger charge is -2.14. The topological polar surface area (TPSA) is 43.1 Å². The molecule has 0 fully saturated rings. The third kappa shape index (κ3) is 2.83. The van der Waals surface area contributed by atoms with Crippen molar-refractivity contribution in [3.63, 3.8) is 0 Å². The van der Waals surface area contributed by atoms with Crippen molar-refractivity contribution in [1.82, 2.24) is 0 Å². The van der Waals surface area contributed by atoms with Crippen LogP contribution in [0.2, 0.25) is 0 Å². The van der Waals surface area contributed by atoms with Gasteiger partial charge in [0.2, 0.25) is 0 Å². The van der Waals surface area contributed by atoms with Crippen molar-refractivity contribution in [2.24, 2.45) is 5.73 Å². The van der Waals surface area contributed by atoms with Crippen molar-refractivity contribution in [2.45, 2.75) is 38.6 Å². The number of carbonyl (C=O) groups excluding carboxylic acids is 1. The maximum Gasteiger partial charge on any atom is 0.149 e. The van der Waals surface area contributed by atoms with Crippen molar-refractivity contribution < 1.29 is 4.79 Å². The van der Waals surface area contributed by atoms with E-state index in [0.29, 0.717) is 12.8 Å². The van der Waals surface area contributed by atoms with Crippen LogP contribution in [-0.4, -0.2) is 11.8 Å². The molecule has 0 saturated carbocycles. The molecular formula is C15H19NO. The van der Waals surface area contributed by atoms with Gasteiger partial charge in [-0.15, -0.1) is 0 Å².